The van der Waals surface area contributed by atoms with Gasteiger partial charge in [-0.15, -0.1) is 12.3 Å². The number of aliphatic hydroxyl groups is 1. The summed E-state index contributed by atoms with van der Waals surface area (Å²) in [7, 11) is 0. The third-order valence-corrected chi connectivity index (χ3v) is 4.15. The molecule has 0 spiro atoms. The predicted octanol–water partition coefficient (Wildman–Crippen LogP) is 2.73. The maximum absolute atomic E-state index is 9.43. The summed E-state index contributed by atoms with van der Waals surface area (Å²) in [5, 5.41) is 13.0. The van der Waals surface area contributed by atoms with Crippen LogP contribution in [0.3, 0.4) is 0 Å². The van der Waals surface area contributed by atoms with E-state index in [-0.39, 0.29) is 0 Å². The van der Waals surface area contributed by atoms with Gasteiger partial charge >= 0.3 is 0 Å². The average molecular weight is 287 g/mol. The third kappa shape index (κ3) is 5.08. The summed E-state index contributed by atoms with van der Waals surface area (Å²) >= 11 is 0. The molecule has 21 heavy (non-hydrogen) atoms. The van der Waals surface area contributed by atoms with E-state index in [0.717, 1.165) is 18.7 Å². The number of aliphatic hydroxyl groups excluding tert-OH is 1. The molecule has 1 aliphatic rings. The molecule has 2 atom stereocenters. The van der Waals surface area contributed by atoms with E-state index in [1.54, 1.807) is 0 Å². The molecule has 0 aliphatic heterocycles. The van der Waals surface area contributed by atoms with Crippen LogP contribution in [0.5, 0.6) is 5.75 Å². The van der Waals surface area contributed by atoms with Crippen LogP contribution in [0.2, 0.25) is 0 Å². The Balaban J connectivity index is 1.79. The predicted molar refractivity (Wildman–Crippen MR) is 85.1 cm³/mol. The van der Waals surface area contributed by atoms with Crippen LogP contribution < -0.4 is 10.1 Å². The van der Waals surface area contributed by atoms with Crippen LogP contribution in [-0.4, -0.2) is 24.4 Å². The molecule has 1 aromatic carbocycles. The fourth-order valence-electron chi connectivity index (χ4n) is 2.88. The van der Waals surface area contributed by atoms with Gasteiger partial charge in [0.15, 0.2) is 0 Å². The standard InChI is InChI=1S/C18H25NO2/c1-2-3-12-21-17-10-8-15(9-11-17)13-19-18-7-5-4-6-16(18)14-20/h1,8-11,16,18-20H,3-7,12-14H2. The Kier molecular flexibility index (Phi) is 6.59. The number of rotatable bonds is 7. The minimum atomic E-state index is 0.291. The third-order valence-electron chi connectivity index (χ3n) is 4.15. The summed E-state index contributed by atoms with van der Waals surface area (Å²) in [5.41, 5.74) is 1.24. The van der Waals surface area contributed by atoms with Gasteiger partial charge in [0.1, 0.15) is 5.75 Å². The Bertz CT molecular complexity index is 449. The van der Waals surface area contributed by atoms with Gasteiger partial charge in [-0.05, 0) is 36.5 Å². The highest BCUT2D eigenvalue weighted by Crippen LogP contribution is 2.24. The van der Waals surface area contributed by atoms with Crippen LogP contribution in [0.1, 0.15) is 37.7 Å². The minimum absolute atomic E-state index is 0.291. The number of ether oxygens (including phenoxy) is 1. The molecule has 3 nitrogen and oxygen atoms in total. The summed E-state index contributed by atoms with van der Waals surface area (Å²) in [6.45, 7) is 1.69. The van der Waals surface area contributed by atoms with E-state index >= 15 is 0 Å². The van der Waals surface area contributed by atoms with Crippen LogP contribution in [0.4, 0.5) is 0 Å². The quantitative estimate of drug-likeness (QED) is 0.598. The highest BCUT2D eigenvalue weighted by atomic mass is 16.5. The van der Waals surface area contributed by atoms with Crippen LogP contribution in [0, 0.1) is 18.3 Å². The largest absolute Gasteiger partial charge is 0.493 e. The van der Waals surface area contributed by atoms with Gasteiger partial charge in [-0.2, -0.15) is 0 Å². The van der Waals surface area contributed by atoms with Crippen molar-refractivity contribution in [1.29, 1.82) is 0 Å². The minimum Gasteiger partial charge on any atom is -0.493 e. The lowest BCUT2D eigenvalue weighted by molar-refractivity contribution is 0.152. The Morgan fingerprint density at radius 2 is 2.00 bits per heavy atom. The molecule has 1 saturated carbocycles. The van der Waals surface area contributed by atoms with Crippen molar-refractivity contribution in [3.63, 3.8) is 0 Å². The Morgan fingerprint density at radius 1 is 1.24 bits per heavy atom. The van der Waals surface area contributed by atoms with E-state index in [9.17, 15) is 5.11 Å². The second-order valence-electron chi connectivity index (χ2n) is 5.66. The van der Waals surface area contributed by atoms with E-state index in [1.165, 1.54) is 24.8 Å². The number of hydrogen-bond donors (Lipinski definition) is 2. The van der Waals surface area contributed by atoms with Crippen molar-refractivity contribution >= 4 is 0 Å². The van der Waals surface area contributed by atoms with Crippen LogP contribution in [0.25, 0.3) is 0 Å². The van der Waals surface area contributed by atoms with Crippen molar-refractivity contribution in [2.45, 2.75) is 44.7 Å². The second kappa shape index (κ2) is 8.71. The van der Waals surface area contributed by atoms with Gasteiger partial charge < -0.3 is 15.2 Å². The fourth-order valence-corrected chi connectivity index (χ4v) is 2.88. The molecule has 0 bridgehead atoms. The number of benzene rings is 1. The van der Waals surface area contributed by atoms with Crippen molar-refractivity contribution in [3.8, 4) is 18.1 Å². The second-order valence-corrected chi connectivity index (χ2v) is 5.66. The summed E-state index contributed by atoms with van der Waals surface area (Å²) in [6.07, 6.45) is 10.6. The van der Waals surface area contributed by atoms with Gasteiger partial charge in [0.25, 0.3) is 0 Å². The molecule has 2 unspecified atom stereocenters. The van der Waals surface area contributed by atoms with E-state index in [1.807, 2.05) is 12.1 Å². The van der Waals surface area contributed by atoms with Crippen LogP contribution in [-0.2, 0) is 6.54 Å². The molecule has 0 radical (unpaired) electrons. The molecule has 3 heteroatoms. The molecule has 1 fully saturated rings. The SMILES string of the molecule is C#CCCOc1ccc(CNC2CCCCC2CO)cc1. The maximum atomic E-state index is 9.43. The first-order valence-electron chi connectivity index (χ1n) is 7.83. The molecule has 2 rings (SSSR count). The van der Waals surface area contributed by atoms with Gasteiger partial charge in [0.05, 0.1) is 6.61 Å². The fraction of sp³-hybridized carbons (Fsp3) is 0.556. The Hall–Kier alpha value is -1.50. The Morgan fingerprint density at radius 3 is 2.71 bits per heavy atom. The van der Waals surface area contributed by atoms with Gasteiger partial charge in [0, 0.05) is 25.6 Å². The van der Waals surface area contributed by atoms with Gasteiger partial charge in [-0.25, -0.2) is 0 Å². The smallest absolute Gasteiger partial charge is 0.119 e. The highest BCUT2D eigenvalue weighted by Gasteiger charge is 2.23. The first-order valence-corrected chi connectivity index (χ1v) is 7.83. The van der Waals surface area contributed by atoms with Gasteiger partial charge in [-0.1, -0.05) is 25.0 Å². The van der Waals surface area contributed by atoms with Crippen LogP contribution >= 0.6 is 0 Å². The summed E-state index contributed by atoms with van der Waals surface area (Å²) in [4.78, 5) is 0. The van der Waals surface area contributed by atoms with Crippen molar-refractivity contribution in [2.24, 2.45) is 5.92 Å². The molecule has 1 aliphatic carbocycles. The van der Waals surface area contributed by atoms with Crippen LogP contribution in [0.15, 0.2) is 24.3 Å². The van der Waals surface area contributed by atoms with Gasteiger partial charge in [0.2, 0.25) is 0 Å². The number of nitrogens with one attached hydrogen (secondary N) is 1. The van der Waals surface area contributed by atoms with Crippen molar-refractivity contribution < 1.29 is 9.84 Å². The molecule has 0 amide bonds. The average Bonchev–Trinajstić information content (AvgIpc) is 2.54. The van der Waals surface area contributed by atoms with E-state index in [2.05, 4.69) is 23.4 Å². The summed E-state index contributed by atoms with van der Waals surface area (Å²) in [6, 6.07) is 8.56. The molecule has 114 valence electrons. The molecule has 0 aromatic heterocycles. The van der Waals surface area contributed by atoms with E-state index in [4.69, 9.17) is 11.2 Å². The lowest BCUT2D eigenvalue weighted by atomic mass is 9.85. The molecular formula is C18H25NO2. The first kappa shape index (κ1) is 15.9. The van der Waals surface area contributed by atoms with Crippen molar-refractivity contribution in [1.82, 2.24) is 5.32 Å². The first-order chi connectivity index (χ1) is 10.3. The normalized spacial score (nSPS) is 21.7. The molecule has 0 heterocycles. The van der Waals surface area contributed by atoms with Crippen molar-refractivity contribution in [3.05, 3.63) is 29.8 Å². The monoisotopic (exact) mass is 287 g/mol. The lowest BCUT2D eigenvalue weighted by Gasteiger charge is -2.31. The number of terminal acetylenes is 1. The highest BCUT2D eigenvalue weighted by molar-refractivity contribution is 5.27. The molecule has 1 aromatic rings. The molecule has 2 N–H and O–H groups in total. The zero-order valence-corrected chi connectivity index (χ0v) is 12.6. The lowest BCUT2D eigenvalue weighted by Crippen LogP contribution is -2.39. The summed E-state index contributed by atoms with van der Waals surface area (Å²) in [5.74, 6) is 3.83. The zero-order valence-electron chi connectivity index (χ0n) is 12.6. The van der Waals surface area contributed by atoms with Crippen molar-refractivity contribution in [2.75, 3.05) is 13.2 Å². The number of hydrogen-bond acceptors (Lipinski definition) is 3. The van der Waals surface area contributed by atoms with Gasteiger partial charge in [-0.3, -0.25) is 0 Å². The molecular weight excluding hydrogens is 262 g/mol. The Labute approximate surface area is 127 Å². The zero-order chi connectivity index (χ0) is 14.9. The van der Waals surface area contributed by atoms with E-state index in [0.29, 0.717) is 31.6 Å². The topological polar surface area (TPSA) is 41.5 Å². The molecule has 0 saturated heterocycles. The summed E-state index contributed by atoms with van der Waals surface area (Å²) < 4.78 is 5.53. The van der Waals surface area contributed by atoms with E-state index < -0.39 is 0 Å². The maximum Gasteiger partial charge on any atom is 0.119 e.